The molecule has 2 aromatic rings. The van der Waals surface area contributed by atoms with E-state index in [0.717, 1.165) is 36.1 Å². The second kappa shape index (κ2) is 9.09. The van der Waals surface area contributed by atoms with Gasteiger partial charge in [-0.3, -0.25) is 9.59 Å². The van der Waals surface area contributed by atoms with Crippen LogP contribution in [-0.2, 0) is 35.3 Å². The van der Waals surface area contributed by atoms with Crippen molar-refractivity contribution in [3.05, 3.63) is 56.8 Å². The summed E-state index contributed by atoms with van der Waals surface area (Å²) < 4.78 is 5.34. The van der Waals surface area contributed by atoms with Gasteiger partial charge in [-0.15, -0.1) is 11.3 Å². The van der Waals surface area contributed by atoms with Crippen LogP contribution < -0.4 is 5.32 Å². The summed E-state index contributed by atoms with van der Waals surface area (Å²) in [6, 6.07) is 10.4. The quantitative estimate of drug-likeness (QED) is 0.820. The summed E-state index contributed by atoms with van der Waals surface area (Å²) in [5, 5.41) is 3.09. The Kier molecular flexibility index (Phi) is 6.31. The van der Waals surface area contributed by atoms with Gasteiger partial charge in [-0.2, -0.15) is 0 Å². The van der Waals surface area contributed by atoms with Crippen LogP contribution in [0.3, 0.4) is 0 Å². The first-order chi connectivity index (χ1) is 14.1. The molecule has 154 valence electrons. The van der Waals surface area contributed by atoms with Gasteiger partial charge in [0.2, 0.25) is 5.91 Å². The Morgan fingerprint density at radius 3 is 2.62 bits per heavy atom. The maximum absolute atomic E-state index is 12.7. The smallest absolute Gasteiger partial charge is 0.264 e. The highest BCUT2D eigenvalue weighted by molar-refractivity contribution is 7.14. The number of fused-ring (bicyclic) bond motifs is 1. The molecular weight excluding hydrogens is 384 g/mol. The molecule has 0 saturated carbocycles. The van der Waals surface area contributed by atoms with Crippen molar-refractivity contribution in [3.63, 3.8) is 0 Å². The van der Waals surface area contributed by atoms with Crippen LogP contribution in [0.25, 0.3) is 0 Å². The zero-order valence-electron chi connectivity index (χ0n) is 16.9. The SMILES string of the molecule is CCc1ccc(CNC(=O)C2CCc3sc(C(=O)N4CCOCC4)cc3C2)cc1. The van der Waals surface area contributed by atoms with Crippen LogP contribution in [0.15, 0.2) is 30.3 Å². The standard InChI is InChI=1S/C23H28N2O3S/c1-2-16-3-5-17(6-4-16)15-24-22(26)18-7-8-20-19(13-18)14-21(29-20)23(27)25-9-11-28-12-10-25/h3-6,14,18H,2,7-13,15H2,1H3,(H,24,26). The third kappa shape index (κ3) is 4.70. The molecule has 1 aliphatic heterocycles. The molecule has 1 saturated heterocycles. The van der Waals surface area contributed by atoms with Gasteiger partial charge in [0.05, 0.1) is 18.1 Å². The Balaban J connectivity index is 1.34. The first-order valence-electron chi connectivity index (χ1n) is 10.5. The predicted octanol–water partition coefficient (Wildman–Crippen LogP) is 3.20. The van der Waals surface area contributed by atoms with Crippen molar-refractivity contribution in [1.29, 1.82) is 0 Å². The fourth-order valence-electron chi connectivity index (χ4n) is 4.00. The van der Waals surface area contributed by atoms with Crippen molar-refractivity contribution in [2.45, 2.75) is 39.2 Å². The summed E-state index contributed by atoms with van der Waals surface area (Å²) in [5.41, 5.74) is 3.60. The lowest BCUT2D eigenvalue weighted by Gasteiger charge is -2.26. The van der Waals surface area contributed by atoms with Gasteiger partial charge in [0.1, 0.15) is 0 Å². The van der Waals surface area contributed by atoms with E-state index in [0.29, 0.717) is 32.8 Å². The Bertz CT molecular complexity index is 869. The maximum atomic E-state index is 12.7. The molecule has 29 heavy (non-hydrogen) atoms. The predicted molar refractivity (Wildman–Crippen MR) is 114 cm³/mol. The highest BCUT2D eigenvalue weighted by Gasteiger charge is 2.28. The third-order valence-electron chi connectivity index (χ3n) is 5.86. The van der Waals surface area contributed by atoms with Crippen molar-refractivity contribution >= 4 is 23.2 Å². The molecule has 0 bridgehead atoms. The lowest BCUT2D eigenvalue weighted by Crippen LogP contribution is -2.40. The molecule has 5 nitrogen and oxygen atoms in total. The van der Waals surface area contributed by atoms with Gasteiger partial charge in [0, 0.05) is 30.4 Å². The zero-order chi connectivity index (χ0) is 20.2. The van der Waals surface area contributed by atoms with E-state index in [1.54, 1.807) is 11.3 Å². The molecule has 6 heteroatoms. The summed E-state index contributed by atoms with van der Waals surface area (Å²) in [7, 11) is 0. The van der Waals surface area contributed by atoms with Crippen LogP contribution in [0.1, 0.15) is 44.6 Å². The van der Waals surface area contributed by atoms with Gasteiger partial charge in [-0.05, 0) is 48.4 Å². The van der Waals surface area contributed by atoms with Crippen LogP contribution in [0.5, 0.6) is 0 Å². The number of ether oxygens (including phenoxy) is 1. The molecule has 1 fully saturated rings. The first kappa shape index (κ1) is 20.1. The van der Waals surface area contributed by atoms with Crippen molar-refractivity contribution in [2.75, 3.05) is 26.3 Å². The molecule has 0 radical (unpaired) electrons. The van der Waals surface area contributed by atoms with Crippen LogP contribution in [0.2, 0.25) is 0 Å². The Labute approximate surface area is 176 Å². The molecule has 2 amide bonds. The van der Waals surface area contributed by atoms with Crippen molar-refractivity contribution < 1.29 is 14.3 Å². The van der Waals surface area contributed by atoms with Crippen LogP contribution in [0.4, 0.5) is 0 Å². The molecule has 1 aromatic carbocycles. The van der Waals surface area contributed by atoms with E-state index in [9.17, 15) is 9.59 Å². The number of rotatable bonds is 5. The first-order valence-corrected chi connectivity index (χ1v) is 11.3. The number of amides is 2. The number of hydrogen-bond acceptors (Lipinski definition) is 4. The summed E-state index contributed by atoms with van der Waals surface area (Å²) in [5.74, 6) is 0.199. The Morgan fingerprint density at radius 2 is 1.90 bits per heavy atom. The number of benzene rings is 1. The number of morpholine rings is 1. The summed E-state index contributed by atoms with van der Waals surface area (Å²) >= 11 is 1.60. The number of carbonyl (C=O) groups is 2. The maximum Gasteiger partial charge on any atom is 0.264 e. The van der Waals surface area contributed by atoms with Crippen molar-refractivity contribution in [1.82, 2.24) is 10.2 Å². The fraction of sp³-hybridized carbons (Fsp3) is 0.478. The number of carbonyl (C=O) groups excluding carboxylic acids is 2. The largest absolute Gasteiger partial charge is 0.378 e. The van der Waals surface area contributed by atoms with E-state index in [2.05, 4.69) is 36.5 Å². The number of hydrogen-bond donors (Lipinski definition) is 1. The topological polar surface area (TPSA) is 58.6 Å². The van der Waals surface area contributed by atoms with Gasteiger partial charge in [-0.1, -0.05) is 31.2 Å². The molecule has 2 heterocycles. The minimum absolute atomic E-state index is 0.0154. The molecular formula is C23H28N2O3S. The molecule has 4 rings (SSSR count). The monoisotopic (exact) mass is 412 g/mol. The lowest BCUT2D eigenvalue weighted by molar-refractivity contribution is -0.125. The van der Waals surface area contributed by atoms with E-state index in [1.807, 2.05) is 11.0 Å². The normalized spacial score (nSPS) is 18.9. The molecule has 1 aliphatic carbocycles. The molecule has 1 N–H and O–H groups in total. The summed E-state index contributed by atoms with van der Waals surface area (Å²) in [6.45, 7) is 5.24. The van der Waals surface area contributed by atoms with E-state index in [1.165, 1.54) is 16.0 Å². The average molecular weight is 413 g/mol. The Hall–Kier alpha value is -2.18. The minimum Gasteiger partial charge on any atom is -0.378 e. The third-order valence-corrected chi connectivity index (χ3v) is 7.09. The summed E-state index contributed by atoms with van der Waals surface area (Å²) in [4.78, 5) is 29.4. The van der Waals surface area contributed by atoms with Crippen molar-refractivity contribution in [3.8, 4) is 0 Å². The molecule has 1 atom stereocenters. The van der Waals surface area contributed by atoms with E-state index < -0.39 is 0 Å². The van der Waals surface area contributed by atoms with E-state index in [-0.39, 0.29) is 17.7 Å². The summed E-state index contributed by atoms with van der Waals surface area (Å²) in [6.07, 6.45) is 3.47. The molecule has 1 unspecified atom stereocenters. The van der Waals surface area contributed by atoms with Gasteiger partial charge in [0.15, 0.2) is 0 Å². The number of aryl methyl sites for hydroxylation is 2. The highest BCUT2D eigenvalue weighted by Crippen LogP contribution is 2.33. The highest BCUT2D eigenvalue weighted by atomic mass is 32.1. The number of nitrogens with zero attached hydrogens (tertiary/aromatic N) is 1. The van der Waals surface area contributed by atoms with Crippen LogP contribution in [0, 0.1) is 5.92 Å². The molecule has 2 aliphatic rings. The molecule has 1 aromatic heterocycles. The van der Waals surface area contributed by atoms with E-state index in [4.69, 9.17) is 4.74 Å². The van der Waals surface area contributed by atoms with Gasteiger partial charge in [-0.25, -0.2) is 0 Å². The van der Waals surface area contributed by atoms with Crippen molar-refractivity contribution in [2.24, 2.45) is 5.92 Å². The van der Waals surface area contributed by atoms with E-state index >= 15 is 0 Å². The molecule has 0 spiro atoms. The second-order valence-corrected chi connectivity index (χ2v) is 8.93. The van der Waals surface area contributed by atoms with Gasteiger partial charge >= 0.3 is 0 Å². The van der Waals surface area contributed by atoms with Gasteiger partial charge in [0.25, 0.3) is 5.91 Å². The lowest BCUT2D eigenvalue weighted by atomic mass is 9.87. The minimum atomic E-state index is -0.0154. The number of thiophene rings is 1. The van der Waals surface area contributed by atoms with Gasteiger partial charge < -0.3 is 15.0 Å². The zero-order valence-corrected chi connectivity index (χ0v) is 17.7. The van der Waals surface area contributed by atoms with Crippen LogP contribution in [-0.4, -0.2) is 43.0 Å². The number of nitrogens with one attached hydrogen (secondary N) is 1. The fourth-order valence-corrected chi connectivity index (χ4v) is 5.18. The average Bonchev–Trinajstić information content (AvgIpc) is 3.21. The van der Waals surface area contributed by atoms with Crippen LogP contribution >= 0.6 is 11.3 Å². The Morgan fingerprint density at radius 1 is 1.17 bits per heavy atom. The second-order valence-electron chi connectivity index (χ2n) is 7.79.